The van der Waals surface area contributed by atoms with Crippen LogP contribution in [0.15, 0.2) is 48.5 Å². The van der Waals surface area contributed by atoms with Crippen molar-refractivity contribution >= 4 is 5.69 Å². The maximum atomic E-state index is 5.72. The summed E-state index contributed by atoms with van der Waals surface area (Å²) in [5, 5.41) is 3.53. The number of benzene rings is 2. The van der Waals surface area contributed by atoms with E-state index in [9.17, 15) is 0 Å². The summed E-state index contributed by atoms with van der Waals surface area (Å²) in [6.07, 6.45) is 1.04. The maximum absolute atomic E-state index is 5.72. The molecule has 1 aliphatic rings. The quantitative estimate of drug-likeness (QED) is 0.897. The van der Waals surface area contributed by atoms with Gasteiger partial charge in [-0.3, -0.25) is 0 Å². The average molecular weight is 283 g/mol. The molecule has 2 aromatic rings. The van der Waals surface area contributed by atoms with Crippen LogP contribution in [0.25, 0.3) is 0 Å². The minimum atomic E-state index is 0.477. The molecule has 2 aromatic carbocycles. The summed E-state index contributed by atoms with van der Waals surface area (Å²) >= 11 is 0. The highest BCUT2D eigenvalue weighted by Crippen LogP contribution is 2.34. The van der Waals surface area contributed by atoms with Gasteiger partial charge in [0.1, 0.15) is 11.5 Å². The fraction of sp³-hybridized carbons (Fsp3) is 0.333. The Bertz CT molecular complexity index is 597. The molecule has 0 radical (unpaired) electrons. The Morgan fingerprint density at radius 3 is 2.86 bits per heavy atom. The second-order valence-corrected chi connectivity index (χ2v) is 5.18. The van der Waals surface area contributed by atoms with Gasteiger partial charge in [-0.05, 0) is 37.1 Å². The van der Waals surface area contributed by atoms with E-state index in [0.717, 1.165) is 36.8 Å². The van der Waals surface area contributed by atoms with Crippen LogP contribution in [-0.4, -0.2) is 19.8 Å². The van der Waals surface area contributed by atoms with Crippen molar-refractivity contribution in [2.24, 2.45) is 0 Å². The summed E-state index contributed by atoms with van der Waals surface area (Å²) in [6, 6.07) is 16.4. The average Bonchev–Trinajstić information content (AvgIpc) is 2.54. The summed E-state index contributed by atoms with van der Waals surface area (Å²) in [6.45, 7) is 4.37. The summed E-state index contributed by atoms with van der Waals surface area (Å²) < 4.78 is 11.4. The van der Waals surface area contributed by atoms with Crippen LogP contribution >= 0.6 is 0 Å². The Kier molecular flexibility index (Phi) is 4.29. The summed E-state index contributed by atoms with van der Waals surface area (Å²) in [4.78, 5) is 0. The molecule has 1 unspecified atom stereocenters. The van der Waals surface area contributed by atoms with Gasteiger partial charge in [0.25, 0.3) is 0 Å². The summed E-state index contributed by atoms with van der Waals surface area (Å²) in [5.41, 5.74) is 2.36. The van der Waals surface area contributed by atoms with Crippen LogP contribution in [0.5, 0.6) is 11.5 Å². The van der Waals surface area contributed by atoms with Crippen molar-refractivity contribution in [1.29, 1.82) is 0 Å². The lowest BCUT2D eigenvalue weighted by molar-refractivity contribution is 0.270. The van der Waals surface area contributed by atoms with E-state index in [-0.39, 0.29) is 0 Å². The Morgan fingerprint density at radius 1 is 1.14 bits per heavy atom. The molecule has 0 spiro atoms. The molecule has 0 fully saturated rings. The van der Waals surface area contributed by atoms with Crippen molar-refractivity contribution in [3.05, 3.63) is 54.1 Å². The summed E-state index contributed by atoms with van der Waals surface area (Å²) in [7, 11) is 0. The third-order valence-electron chi connectivity index (χ3n) is 3.81. The van der Waals surface area contributed by atoms with E-state index in [1.807, 2.05) is 31.2 Å². The van der Waals surface area contributed by atoms with Crippen LogP contribution in [0.3, 0.4) is 0 Å². The number of hydrogen-bond acceptors (Lipinski definition) is 3. The number of hydrogen-bond donors (Lipinski definition) is 1. The molecule has 1 heterocycles. The Labute approximate surface area is 125 Å². The van der Waals surface area contributed by atoms with E-state index >= 15 is 0 Å². The highest BCUT2D eigenvalue weighted by Gasteiger charge is 2.20. The minimum absolute atomic E-state index is 0.477. The van der Waals surface area contributed by atoms with E-state index in [1.165, 1.54) is 5.56 Å². The fourth-order valence-corrected chi connectivity index (χ4v) is 2.76. The first-order chi connectivity index (χ1) is 10.4. The molecule has 0 amide bonds. The second-order valence-electron chi connectivity index (χ2n) is 5.18. The van der Waals surface area contributed by atoms with Crippen LogP contribution in [0, 0.1) is 0 Å². The largest absolute Gasteiger partial charge is 0.493 e. The molecule has 0 bridgehead atoms. The summed E-state index contributed by atoms with van der Waals surface area (Å²) in [5.74, 6) is 2.42. The molecule has 3 rings (SSSR count). The Balaban J connectivity index is 1.72. The van der Waals surface area contributed by atoms with E-state index in [4.69, 9.17) is 9.47 Å². The highest BCUT2D eigenvalue weighted by molar-refractivity contribution is 5.56. The lowest BCUT2D eigenvalue weighted by atomic mass is 9.93. The molecule has 3 heteroatoms. The van der Waals surface area contributed by atoms with Crippen molar-refractivity contribution in [3.63, 3.8) is 0 Å². The first-order valence-electron chi connectivity index (χ1n) is 7.56. The number of nitrogens with one attached hydrogen (secondary N) is 1. The zero-order valence-corrected chi connectivity index (χ0v) is 12.3. The van der Waals surface area contributed by atoms with Gasteiger partial charge in [0, 0.05) is 12.5 Å². The monoisotopic (exact) mass is 283 g/mol. The maximum Gasteiger partial charge on any atom is 0.142 e. The Morgan fingerprint density at radius 2 is 1.95 bits per heavy atom. The highest BCUT2D eigenvalue weighted by atomic mass is 16.5. The van der Waals surface area contributed by atoms with Crippen LogP contribution < -0.4 is 14.8 Å². The third-order valence-corrected chi connectivity index (χ3v) is 3.81. The predicted molar refractivity (Wildman–Crippen MR) is 85.4 cm³/mol. The van der Waals surface area contributed by atoms with Crippen molar-refractivity contribution in [3.8, 4) is 11.5 Å². The minimum Gasteiger partial charge on any atom is -0.493 e. The van der Waals surface area contributed by atoms with Crippen LogP contribution in [0.2, 0.25) is 0 Å². The lowest BCUT2D eigenvalue weighted by Gasteiger charge is -2.26. The smallest absolute Gasteiger partial charge is 0.142 e. The van der Waals surface area contributed by atoms with E-state index in [0.29, 0.717) is 12.5 Å². The number of anilines is 1. The number of para-hydroxylation sites is 3. The standard InChI is InChI=1S/C18H21NO2/c1-2-20-18-10-6-4-8-16(18)19-13-14-11-12-21-17-9-5-3-7-15(14)17/h3-10,14,19H,2,11-13H2,1H3. The normalized spacial score (nSPS) is 16.7. The van der Waals surface area contributed by atoms with Gasteiger partial charge in [-0.2, -0.15) is 0 Å². The molecular formula is C18H21NO2. The molecule has 0 aromatic heterocycles. The van der Waals surface area contributed by atoms with Gasteiger partial charge in [0.15, 0.2) is 0 Å². The van der Waals surface area contributed by atoms with Gasteiger partial charge in [-0.25, -0.2) is 0 Å². The number of rotatable bonds is 5. The molecular weight excluding hydrogens is 262 g/mol. The molecule has 0 saturated heterocycles. The zero-order chi connectivity index (χ0) is 14.5. The third kappa shape index (κ3) is 3.13. The van der Waals surface area contributed by atoms with Crippen molar-refractivity contribution in [2.45, 2.75) is 19.3 Å². The molecule has 1 N–H and O–H groups in total. The molecule has 0 saturated carbocycles. The van der Waals surface area contributed by atoms with Crippen molar-refractivity contribution in [1.82, 2.24) is 0 Å². The van der Waals surface area contributed by atoms with E-state index in [1.54, 1.807) is 0 Å². The second kappa shape index (κ2) is 6.53. The first-order valence-corrected chi connectivity index (χ1v) is 7.56. The van der Waals surface area contributed by atoms with Crippen LogP contribution in [-0.2, 0) is 0 Å². The molecule has 21 heavy (non-hydrogen) atoms. The molecule has 3 nitrogen and oxygen atoms in total. The SMILES string of the molecule is CCOc1ccccc1NCC1CCOc2ccccc21. The van der Waals surface area contributed by atoms with Gasteiger partial charge >= 0.3 is 0 Å². The lowest BCUT2D eigenvalue weighted by Crippen LogP contribution is -2.20. The number of ether oxygens (including phenoxy) is 2. The molecule has 110 valence electrons. The van der Waals surface area contributed by atoms with Gasteiger partial charge in [0.05, 0.1) is 18.9 Å². The van der Waals surface area contributed by atoms with Gasteiger partial charge in [-0.15, -0.1) is 0 Å². The van der Waals surface area contributed by atoms with Crippen LogP contribution in [0.4, 0.5) is 5.69 Å². The number of fused-ring (bicyclic) bond motifs is 1. The van der Waals surface area contributed by atoms with Crippen LogP contribution in [0.1, 0.15) is 24.8 Å². The molecule has 1 aliphatic heterocycles. The molecule has 0 aliphatic carbocycles. The zero-order valence-electron chi connectivity index (χ0n) is 12.3. The van der Waals surface area contributed by atoms with E-state index < -0.39 is 0 Å². The Hall–Kier alpha value is -2.16. The van der Waals surface area contributed by atoms with Gasteiger partial charge in [0.2, 0.25) is 0 Å². The van der Waals surface area contributed by atoms with Gasteiger partial charge in [-0.1, -0.05) is 30.3 Å². The van der Waals surface area contributed by atoms with Crippen molar-refractivity contribution in [2.75, 3.05) is 25.1 Å². The molecule has 1 atom stereocenters. The van der Waals surface area contributed by atoms with E-state index in [2.05, 4.69) is 29.6 Å². The van der Waals surface area contributed by atoms with Gasteiger partial charge < -0.3 is 14.8 Å². The predicted octanol–water partition coefficient (Wildman–Crippen LogP) is 4.06. The topological polar surface area (TPSA) is 30.5 Å². The fourth-order valence-electron chi connectivity index (χ4n) is 2.76. The van der Waals surface area contributed by atoms with Crippen molar-refractivity contribution < 1.29 is 9.47 Å². The first kappa shape index (κ1) is 13.8.